The van der Waals surface area contributed by atoms with Gasteiger partial charge in [-0.25, -0.2) is 23.3 Å². The average Bonchev–Trinajstić information content (AvgIpc) is 2.93. The lowest BCUT2D eigenvalue weighted by atomic mass is 10.2. The van der Waals surface area contributed by atoms with Gasteiger partial charge in [0.1, 0.15) is 5.58 Å². The molecule has 20 heavy (non-hydrogen) atoms. The Morgan fingerprint density at radius 3 is 2.50 bits per heavy atom. The molecule has 0 radical (unpaired) electrons. The van der Waals surface area contributed by atoms with Gasteiger partial charge in [0.25, 0.3) is 10.0 Å². The highest BCUT2D eigenvalue weighted by Gasteiger charge is 2.08. The van der Waals surface area contributed by atoms with Crippen LogP contribution in [0.2, 0.25) is 0 Å². The fraction of sp³-hybridized carbons (Fsp3) is 0. The van der Waals surface area contributed by atoms with Crippen LogP contribution in [-0.2, 0) is 10.0 Å². The van der Waals surface area contributed by atoms with Crippen LogP contribution in [0.5, 0.6) is 0 Å². The van der Waals surface area contributed by atoms with E-state index in [4.69, 9.17) is 9.56 Å². The summed E-state index contributed by atoms with van der Waals surface area (Å²) < 4.78 is 25.7. The van der Waals surface area contributed by atoms with Crippen LogP contribution in [0, 0.1) is 0 Å². The van der Waals surface area contributed by atoms with Crippen molar-refractivity contribution in [1.29, 1.82) is 0 Å². The van der Waals surface area contributed by atoms with E-state index < -0.39 is 10.0 Å². The van der Waals surface area contributed by atoms with Gasteiger partial charge in [0.2, 0.25) is 4.34 Å². The number of nitrogens with two attached hydrogens (primary N) is 1. The van der Waals surface area contributed by atoms with Crippen LogP contribution in [0.3, 0.4) is 0 Å². The molecule has 0 bridgehead atoms. The molecule has 2 heterocycles. The highest BCUT2D eigenvalue weighted by molar-refractivity contribution is 7.91. The number of fused-ring (bicyclic) bond motifs is 1. The Labute approximate surface area is 118 Å². The van der Waals surface area contributed by atoms with E-state index in [1.807, 2.05) is 18.2 Å². The Balaban J connectivity index is 0.000000151. The summed E-state index contributed by atoms with van der Waals surface area (Å²) in [5.41, 5.74) is 0.337. The highest BCUT2D eigenvalue weighted by atomic mass is 32.2. The van der Waals surface area contributed by atoms with Crippen molar-refractivity contribution in [2.75, 3.05) is 0 Å². The molecule has 2 aromatic heterocycles. The topological polar surface area (TPSA) is 103 Å². The molecule has 6 nitrogen and oxygen atoms in total. The van der Waals surface area contributed by atoms with Gasteiger partial charge in [0, 0.05) is 23.0 Å². The number of thiazole rings is 1. The smallest absolute Gasteiger partial charge is 0.336 e. The first-order valence-electron chi connectivity index (χ1n) is 5.38. The van der Waals surface area contributed by atoms with Crippen LogP contribution in [0.1, 0.15) is 0 Å². The first-order chi connectivity index (χ1) is 9.47. The molecule has 0 spiro atoms. The predicted octanol–water partition coefficient (Wildman–Crippen LogP) is 1.58. The van der Waals surface area contributed by atoms with Crippen molar-refractivity contribution in [2.24, 2.45) is 5.14 Å². The van der Waals surface area contributed by atoms with E-state index in [1.165, 1.54) is 12.3 Å². The lowest BCUT2D eigenvalue weighted by molar-refractivity contribution is 0.561. The molecular weight excluding hydrogens is 300 g/mol. The average molecular weight is 310 g/mol. The predicted molar refractivity (Wildman–Crippen MR) is 76.0 cm³/mol. The van der Waals surface area contributed by atoms with Crippen LogP contribution in [0.15, 0.2) is 61.5 Å². The number of rotatable bonds is 1. The Kier molecular flexibility index (Phi) is 4.28. The lowest BCUT2D eigenvalue weighted by Gasteiger charge is -1.91. The van der Waals surface area contributed by atoms with Crippen LogP contribution >= 0.6 is 11.3 Å². The maximum absolute atomic E-state index is 10.7. The van der Waals surface area contributed by atoms with Crippen molar-refractivity contribution < 1.29 is 12.8 Å². The number of para-hydroxylation sites is 1. The molecule has 0 saturated heterocycles. The Hall–Kier alpha value is -2.03. The second kappa shape index (κ2) is 5.95. The minimum atomic E-state index is -3.55. The highest BCUT2D eigenvalue weighted by Crippen LogP contribution is 2.09. The first-order valence-corrected chi connectivity index (χ1v) is 7.80. The Bertz CT molecular complexity index is 854. The van der Waals surface area contributed by atoms with Crippen LogP contribution in [0.4, 0.5) is 0 Å². The monoisotopic (exact) mass is 310 g/mol. The van der Waals surface area contributed by atoms with Gasteiger partial charge in [0.15, 0.2) is 0 Å². The van der Waals surface area contributed by atoms with E-state index in [2.05, 4.69) is 4.98 Å². The van der Waals surface area contributed by atoms with Crippen molar-refractivity contribution in [3.8, 4) is 0 Å². The third-order valence-corrected chi connectivity index (χ3v) is 4.32. The van der Waals surface area contributed by atoms with Gasteiger partial charge in [-0.05, 0) is 12.1 Å². The van der Waals surface area contributed by atoms with Crippen molar-refractivity contribution in [1.82, 2.24) is 4.98 Å². The Morgan fingerprint density at radius 2 is 1.90 bits per heavy atom. The molecule has 104 valence electrons. The number of sulfonamides is 1. The van der Waals surface area contributed by atoms with Crippen molar-refractivity contribution in [3.63, 3.8) is 0 Å². The lowest BCUT2D eigenvalue weighted by Crippen LogP contribution is -2.11. The standard InChI is InChI=1S/C9H6O2.C3H4N2O2S2/c10-9-6-5-7-3-1-2-4-8(7)11-9;4-9(6,7)3-5-1-2-8-3/h1-6H;1-2H,(H2,4,6,7). The fourth-order valence-corrected chi connectivity index (χ4v) is 2.63. The summed E-state index contributed by atoms with van der Waals surface area (Å²) in [5, 5.41) is 7.23. The number of primary sulfonamides is 1. The van der Waals surface area contributed by atoms with Gasteiger partial charge in [-0.1, -0.05) is 18.2 Å². The molecule has 3 rings (SSSR count). The summed E-state index contributed by atoms with van der Waals surface area (Å²) in [7, 11) is -3.55. The largest absolute Gasteiger partial charge is 0.423 e. The summed E-state index contributed by atoms with van der Waals surface area (Å²) in [5.74, 6) is 0. The third-order valence-electron chi connectivity index (χ3n) is 2.18. The molecule has 0 unspecified atom stereocenters. The number of nitrogens with zero attached hydrogens (tertiary/aromatic N) is 1. The second-order valence-electron chi connectivity index (χ2n) is 3.64. The van der Waals surface area contributed by atoms with Crippen LogP contribution in [-0.4, -0.2) is 13.4 Å². The number of hydrogen-bond acceptors (Lipinski definition) is 6. The molecule has 8 heteroatoms. The molecule has 0 fully saturated rings. The molecule has 0 aliphatic carbocycles. The van der Waals surface area contributed by atoms with Gasteiger partial charge in [-0.3, -0.25) is 0 Å². The maximum atomic E-state index is 10.7. The van der Waals surface area contributed by atoms with Gasteiger partial charge in [0.05, 0.1) is 0 Å². The third kappa shape index (κ3) is 3.73. The second-order valence-corrected chi connectivity index (χ2v) is 6.26. The number of benzene rings is 1. The van der Waals surface area contributed by atoms with Crippen LogP contribution in [0.25, 0.3) is 11.0 Å². The zero-order chi connectivity index (χ0) is 14.6. The summed E-state index contributed by atoms with van der Waals surface area (Å²) >= 11 is 1.01. The molecular formula is C12H10N2O4S2. The minimum Gasteiger partial charge on any atom is -0.423 e. The van der Waals surface area contributed by atoms with Crippen LogP contribution < -0.4 is 10.8 Å². The van der Waals surface area contributed by atoms with Gasteiger partial charge >= 0.3 is 5.63 Å². The minimum absolute atomic E-state index is 0.0394. The van der Waals surface area contributed by atoms with Gasteiger partial charge < -0.3 is 4.42 Å². The van der Waals surface area contributed by atoms with E-state index in [0.29, 0.717) is 5.58 Å². The van der Waals surface area contributed by atoms with Crippen molar-refractivity contribution >= 4 is 32.3 Å². The van der Waals surface area contributed by atoms with Crippen molar-refractivity contribution in [3.05, 3.63) is 58.4 Å². The normalized spacial score (nSPS) is 10.8. The van der Waals surface area contributed by atoms with E-state index in [9.17, 15) is 13.2 Å². The van der Waals surface area contributed by atoms with Gasteiger partial charge in [-0.15, -0.1) is 11.3 Å². The number of hydrogen-bond donors (Lipinski definition) is 1. The quantitative estimate of drug-likeness (QED) is 0.687. The molecule has 1 aromatic carbocycles. The SMILES string of the molecule is NS(=O)(=O)c1nccs1.O=c1ccc2ccccc2o1. The zero-order valence-electron chi connectivity index (χ0n) is 10.1. The molecule has 0 aliphatic rings. The fourth-order valence-electron chi connectivity index (χ4n) is 1.36. The van der Waals surface area contributed by atoms with Crippen molar-refractivity contribution in [2.45, 2.75) is 4.34 Å². The number of aromatic nitrogens is 1. The zero-order valence-corrected chi connectivity index (χ0v) is 11.7. The van der Waals surface area contributed by atoms with E-state index >= 15 is 0 Å². The Morgan fingerprint density at radius 1 is 1.15 bits per heavy atom. The molecule has 0 aliphatic heterocycles. The molecule has 2 N–H and O–H groups in total. The van der Waals surface area contributed by atoms with E-state index in [-0.39, 0.29) is 9.97 Å². The van der Waals surface area contributed by atoms with Gasteiger partial charge in [-0.2, -0.15) is 0 Å². The molecule has 3 aromatic rings. The maximum Gasteiger partial charge on any atom is 0.336 e. The summed E-state index contributed by atoms with van der Waals surface area (Å²) in [6.07, 6.45) is 1.39. The van der Waals surface area contributed by atoms with E-state index in [0.717, 1.165) is 16.7 Å². The summed E-state index contributed by atoms with van der Waals surface area (Å²) in [6, 6.07) is 10.6. The molecule has 0 amide bonds. The van der Waals surface area contributed by atoms with E-state index in [1.54, 1.807) is 17.5 Å². The summed E-state index contributed by atoms with van der Waals surface area (Å²) in [6.45, 7) is 0. The molecule has 0 atom stereocenters. The summed E-state index contributed by atoms with van der Waals surface area (Å²) in [4.78, 5) is 14.2. The molecule has 0 saturated carbocycles. The first kappa shape index (κ1) is 14.4.